The largest absolute Gasteiger partial charge is 1.00 e. The maximum atomic E-state index is 12.0. The number of hydrogen-bond donors (Lipinski definition) is 2. The van der Waals surface area contributed by atoms with Gasteiger partial charge in [0.2, 0.25) is 0 Å². The van der Waals surface area contributed by atoms with E-state index >= 15 is 0 Å². The van der Waals surface area contributed by atoms with Crippen LogP contribution in [0, 0.1) is 0 Å². The van der Waals surface area contributed by atoms with E-state index in [1.54, 1.807) is 51.1 Å². The Kier molecular flexibility index (Phi) is 15.1. The number of para-hydroxylation sites is 1. The number of nitrogens with one attached hydrogen (secondary N) is 1. The lowest BCUT2D eigenvalue weighted by Crippen LogP contribution is -3.00. The summed E-state index contributed by atoms with van der Waals surface area (Å²) < 4.78 is 26.9. The van der Waals surface area contributed by atoms with Gasteiger partial charge in [0.25, 0.3) is 0 Å². The summed E-state index contributed by atoms with van der Waals surface area (Å²) in [5.41, 5.74) is 3.52. The maximum Gasteiger partial charge on any atom is 0.409 e. The SMILES string of the molecule is CC(C)OC(=O)[C@@H](C)NP(=O)(Cl)Oc1ccccc1.CC(C)OC(=O)[C@@H](C)[NH3+].[Cl-]. The number of benzene rings is 1. The Bertz CT molecular complexity index is 659. The molecule has 0 amide bonds. The fourth-order valence-electron chi connectivity index (χ4n) is 1.61. The van der Waals surface area contributed by atoms with E-state index in [9.17, 15) is 14.2 Å². The average Bonchev–Trinajstić information content (AvgIpc) is 2.54. The van der Waals surface area contributed by atoms with Crippen molar-refractivity contribution in [1.29, 1.82) is 0 Å². The van der Waals surface area contributed by atoms with Gasteiger partial charge >= 0.3 is 18.8 Å². The molecule has 0 aliphatic rings. The van der Waals surface area contributed by atoms with Crippen LogP contribution in [0.25, 0.3) is 0 Å². The molecule has 0 fully saturated rings. The van der Waals surface area contributed by atoms with Crippen LogP contribution >= 0.6 is 18.1 Å². The normalized spacial score (nSPS) is 14.4. The number of hydrogen-bond acceptors (Lipinski definition) is 6. The Hall–Kier alpha value is -1.31. The number of quaternary nitrogens is 1. The van der Waals surface area contributed by atoms with Gasteiger partial charge in [-0.1, -0.05) is 18.2 Å². The van der Waals surface area contributed by atoms with Crippen molar-refractivity contribution >= 4 is 30.1 Å². The second-order valence-corrected chi connectivity index (χ2v) is 9.34. The Morgan fingerprint density at radius 1 is 0.966 bits per heavy atom. The molecule has 11 heteroatoms. The third-order valence-corrected chi connectivity index (χ3v) is 4.41. The van der Waals surface area contributed by atoms with Crippen molar-refractivity contribution in [1.82, 2.24) is 5.09 Å². The molecule has 1 rings (SSSR count). The van der Waals surface area contributed by atoms with Crippen LogP contribution < -0.4 is 27.8 Å². The quantitative estimate of drug-likeness (QED) is 0.400. The summed E-state index contributed by atoms with van der Waals surface area (Å²) >= 11 is 5.76. The van der Waals surface area contributed by atoms with Gasteiger partial charge in [-0.3, -0.25) is 4.79 Å². The molecule has 3 atom stereocenters. The second kappa shape index (κ2) is 14.6. The van der Waals surface area contributed by atoms with Crippen LogP contribution in [0.15, 0.2) is 30.3 Å². The van der Waals surface area contributed by atoms with Crippen LogP contribution in [-0.4, -0.2) is 36.2 Å². The lowest BCUT2D eigenvalue weighted by atomic mass is 10.3. The maximum absolute atomic E-state index is 12.0. The Morgan fingerprint density at radius 2 is 1.41 bits per heavy atom. The average molecular weight is 473 g/mol. The molecule has 1 aromatic carbocycles. The zero-order valence-corrected chi connectivity index (χ0v) is 20.0. The van der Waals surface area contributed by atoms with Gasteiger partial charge in [0.15, 0.2) is 6.04 Å². The number of carbonyl (C=O) groups excluding carboxylic acids is 2. The minimum absolute atomic E-state index is 0. The highest BCUT2D eigenvalue weighted by Crippen LogP contribution is 2.48. The zero-order chi connectivity index (χ0) is 21.9. The monoisotopic (exact) mass is 472 g/mol. The number of ether oxygens (including phenoxy) is 2. The molecule has 1 aromatic rings. The first-order valence-corrected chi connectivity index (χ1v) is 11.4. The van der Waals surface area contributed by atoms with Gasteiger partial charge in [-0.05, 0) is 53.7 Å². The number of rotatable bonds is 8. The van der Waals surface area contributed by atoms with Crippen LogP contribution in [0.3, 0.4) is 0 Å². The highest BCUT2D eigenvalue weighted by atomic mass is 35.7. The summed E-state index contributed by atoms with van der Waals surface area (Å²) in [5, 5.41) is 2.43. The minimum atomic E-state index is -3.65. The van der Waals surface area contributed by atoms with Crippen LogP contribution in [0.2, 0.25) is 0 Å². The highest BCUT2D eigenvalue weighted by Gasteiger charge is 2.28. The van der Waals surface area contributed by atoms with Crippen molar-refractivity contribution in [2.45, 2.75) is 65.8 Å². The lowest BCUT2D eigenvalue weighted by molar-refractivity contribution is -0.403. The fourth-order valence-corrected chi connectivity index (χ4v) is 3.30. The molecular formula is C18H31Cl2N2O6P. The summed E-state index contributed by atoms with van der Waals surface area (Å²) in [6, 6.07) is 7.40. The molecule has 0 aliphatic heterocycles. The van der Waals surface area contributed by atoms with Crippen molar-refractivity contribution < 1.29 is 46.3 Å². The van der Waals surface area contributed by atoms with Crippen LogP contribution in [0.5, 0.6) is 5.75 Å². The molecule has 0 heterocycles. The van der Waals surface area contributed by atoms with Crippen LogP contribution in [0.4, 0.5) is 0 Å². The van der Waals surface area contributed by atoms with Gasteiger partial charge in [0.05, 0.1) is 12.2 Å². The molecule has 0 saturated heterocycles. The summed E-state index contributed by atoms with van der Waals surface area (Å²) in [6.07, 6.45) is -0.275. The standard InChI is InChI=1S/C12H17ClNO4P.C6H13NO2.ClH/c1-9(2)17-12(15)10(3)14-19(13,16)18-11-7-5-4-6-8-11;1-4(2)9-6(8)5(3)7;/h4-10H,1-3H3,(H,14,16);4-5H,7H2,1-3H3;1H/t10-,19?;5-;/m11./s1. The van der Waals surface area contributed by atoms with E-state index in [0.717, 1.165) is 0 Å². The summed E-state index contributed by atoms with van der Waals surface area (Å²) in [4.78, 5) is 22.2. The summed E-state index contributed by atoms with van der Waals surface area (Å²) in [6.45, 7) is 6.67. The van der Waals surface area contributed by atoms with E-state index in [2.05, 4.69) is 10.8 Å². The van der Waals surface area contributed by atoms with Crippen molar-refractivity contribution in [2.24, 2.45) is 0 Å². The molecule has 0 saturated carbocycles. The van der Waals surface area contributed by atoms with Gasteiger partial charge in [-0.15, -0.1) is 0 Å². The van der Waals surface area contributed by atoms with Gasteiger partial charge in [0, 0.05) is 11.2 Å². The van der Waals surface area contributed by atoms with Crippen molar-refractivity contribution in [3.05, 3.63) is 30.3 Å². The van der Waals surface area contributed by atoms with Gasteiger partial charge < -0.3 is 32.1 Å². The number of carbonyl (C=O) groups is 2. The molecule has 0 aromatic heterocycles. The molecular weight excluding hydrogens is 442 g/mol. The second-order valence-electron chi connectivity index (χ2n) is 6.61. The molecule has 4 N–H and O–H groups in total. The van der Waals surface area contributed by atoms with E-state index in [-0.39, 0.29) is 36.6 Å². The first kappa shape index (κ1) is 29.9. The Labute approximate surface area is 183 Å². The predicted octanol–water partition coefficient (Wildman–Crippen LogP) is -0.0856. The van der Waals surface area contributed by atoms with Crippen molar-refractivity contribution in [3.8, 4) is 5.75 Å². The summed E-state index contributed by atoms with van der Waals surface area (Å²) in [7, 11) is 0. The molecule has 8 nitrogen and oxygen atoms in total. The lowest BCUT2D eigenvalue weighted by Gasteiger charge is -2.19. The molecule has 0 radical (unpaired) electrons. The third kappa shape index (κ3) is 15.2. The van der Waals surface area contributed by atoms with Gasteiger partial charge in [0.1, 0.15) is 11.8 Å². The Morgan fingerprint density at radius 3 is 1.79 bits per heavy atom. The molecule has 0 spiro atoms. The van der Waals surface area contributed by atoms with Gasteiger partial charge in [-0.2, -0.15) is 0 Å². The first-order chi connectivity index (χ1) is 12.8. The molecule has 0 aliphatic carbocycles. The molecule has 1 unspecified atom stereocenters. The topological polar surface area (TPSA) is 119 Å². The smallest absolute Gasteiger partial charge is 0.409 e. The van der Waals surface area contributed by atoms with E-state index in [1.807, 2.05) is 13.8 Å². The zero-order valence-electron chi connectivity index (χ0n) is 17.6. The van der Waals surface area contributed by atoms with Gasteiger partial charge in [-0.25, -0.2) is 14.4 Å². The highest BCUT2D eigenvalue weighted by molar-refractivity contribution is 7.84. The summed E-state index contributed by atoms with van der Waals surface area (Å²) in [5.74, 6) is -0.407. The van der Waals surface area contributed by atoms with Crippen molar-refractivity contribution in [2.75, 3.05) is 0 Å². The number of halogens is 2. The minimum Gasteiger partial charge on any atom is -1.00 e. The number of esters is 2. The van der Waals surface area contributed by atoms with E-state index in [1.165, 1.54) is 6.92 Å². The predicted molar refractivity (Wildman–Crippen MR) is 108 cm³/mol. The third-order valence-electron chi connectivity index (χ3n) is 2.77. The van der Waals surface area contributed by atoms with Crippen LogP contribution in [0.1, 0.15) is 41.5 Å². The van der Waals surface area contributed by atoms with E-state index in [0.29, 0.717) is 5.75 Å². The molecule has 0 bridgehead atoms. The Balaban J connectivity index is 0. The fraction of sp³-hybridized carbons (Fsp3) is 0.556. The molecule has 29 heavy (non-hydrogen) atoms. The first-order valence-electron chi connectivity index (χ1n) is 8.90. The molecule has 168 valence electrons. The van der Waals surface area contributed by atoms with E-state index < -0.39 is 18.9 Å². The van der Waals surface area contributed by atoms with Crippen LogP contribution in [-0.2, 0) is 23.6 Å². The van der Waals surface area contributed by atoms with E-state index in [4.69, 9.17) is 25.2 Å². The van der Waals surface area contributed by atoms with Crippen molar-refractivity contribution in [3.63, 3.8) is 0 Å².